The molecule has 6 heteroatoms. The van der Waals surface area contributed by atoms with Crippen LogP contribution in [0.15, 0.2) is 24.3 Å². The van der Waals surface area contributed by atoms with Crippen LogP contribution in [-0.4, -0.2) is 24.5 Å². The maximum atomic E-state index is 12.0. The molecule has 1 aromatic carbocycles. The quantitative estimate of drug-likeness (QED) is 0.877. The van der Waals surface area contributed by atoms with Gasteiger partial charge in [0.15, 0.2) is 5.13 Å². The number of carbonyl (C=O) groups is 1. The van der Waals surface area contributed by atoms with Crippen molar-refractivity contribution in [3.05, 3.63) is 34.7 Å². The number of carbonyl (C=O) groups excluding carboxylic acids is 1. The fraction of sp³-hybridized carbons (Fsp3) is 0.412. The maximum absolute atomic E-state index is 12.0. The van der Waals surface area contributed by atoms with Crippen molar-refractivity contribution < 1.29 is 9.53 Å². The number of hydrogen-bond acceptors (Lipinski definition) is 5. The number of hydrogen-bond donors (Lipinski definition) is 2. The third-order valence-electron chi connectivity index (χ3n) is 3.70. The largest absolute Gasteiger partial charge is 0.493 e. The van der Waals surface area contributed by atoms with Crippen LogP contribution in [0, 0.1) is 5.92 Å². The molecule has 1 amide bonds. The van der Waals surface area contributed by atoms with E-state index in [-0.39, 0.29) is 11.8 Å². The third kappa shape index (κ3) is 3.47. The van der Waals surface area contributed by atoms with Crippen LogP contribution in [0.4, 0.5) is 10.9 Å². The summed E-state index contributed by atoms with van der Waals surface area (Å²) in [6.07, 6.45) is 0.449. The van der Waals surface area contributed by atoms with Crippen molar-refractivity contribution in [1.82, 2.24) is 4.98 Å². The fourth-order valence-corrected chi connectivity index (χ4v) is 3.56. The van der Waals surface area contributed by atoms with E-state index in [0.29, 0.717) is 24.8 Å². The Labute approximate surface area is 140 Å². The standard InChI is InChI=1S/C17H21N3O2S/c1-10(2)9-22-12-6-4-11(5-7-12)13-8-14(21)19-16-15(13)23-17(18-3)20-16/h4-7,10,13H,8-9H2,1-3H3,(H,18,20)(H,19,21)/t13-/m1/s1. The van der Waals surface area contributed by atoms with E-state index in [1.807, 2.05) is 31.3 Å². The molecule has 1 atom stereocenters. The first-order chi connectivity index (χ1) is 11.1. The SMILES string of the molecule is CNc1nc2c(s1)[C@@H](c1ccc(OCC(C)C)cc1)CC(=O)N2. The van der Waals surface area contributed by atoms with Crippen molar-refractivity contribution in [2.45, 2.75) is 26.2 Å². The Morgan fingerprint density at radius 3 is 2.78 bits per heavy atom. The fourth-order valence-electron chi connectivity index (χ4n) is 2.55. The first-order valence-corrected chi connectivity index (χ1v) is 8.59. The Morgan fingerprint density at radius 1 is 1.39 bits per heavy atom. The lowest BCUT2D eigenvalue weighted by atomic mass is 9.91. The summed E-state index contributed by atoms with van der Waals surface area (Å²) >= 11 is 1.59. The third-order valence-corrected chi connectivity index (χ3v) is 4.88. The zero-order chi connectivity index (χ0) is 16.4. The highest BCUT2D eigenvalue weighted by atomic mass is 32.1. The number of benzene rings is 1. The minimum atomic E-state index is 0.00980. The number of fused-ring (bicyclic) bond motifs is 1. The van der Waals surface area contributed by atoms with E-state index in [1.165, 1.54) is 0 Å². The highest BCUT2D eigenvalue weighted by Crippen LogP contribution is 2.42. The van der Waals surface area contributed by atoms with Crippen LogP contribution in [0.25, 0.3) is 0 Å². The average molecular weight is 331 g/mol. The van der Waals surface area contributed by atoms with Crippen LogP contribution < -0.4 is 15.4 Å². The molecule has 1 aromatic heterocycles. The van der Waals surface area contributed by atoms with Gasteiger partial charge in [-0.05, 0) is 23.6 Å². The number of nitrogens with zero attached hydrogens (tertiary/aromatic N) is 1. The summed E-state index contributed by atoms with van der Waals surface area (Å²) in [5.74, 6) is 2.11. The van der Waals surface area contributed by atoms with Gasteiger partial charge in [-0.1, -0.05) is 37.3 Å². The topological polar surface area (TPSA) is 63.3 Å². The molecule has 3 rings (SSSR count). The summed E-state index contributed by atoms with van der Waals surface area (Å²) in [5, 5.41) is 6.72. The lowest BCUT2D eigenvalue weighted by Crippen LogP contribution is -2.22. The molecule has 2 aromatic rings. The van der Waals surface area contributed by atoms with Gasteiger partial charge in [-0.15, -0.1) is 0 Å². The van der Waals surface area contributed by atoms with Crippen molar-refractivity contribution in [3.8, 4) is 5.75 Å². The molecule has 0 spiro atoms. The average Bonchev–Trinajstić information content (AvgIpc) is 2.95. The summed E-state index contributed by atoms with van der Waals surface area (Å²) < 4.78 is 5.72. The minimum Gasteiger partial charge on any atom is -0.493 e. The molecule has 0 saturated heterocycles. The van der Waals surface area contributed by atoms with Crippen molar-refractivity contribution in [2.75, 3.05) is 24.3 Å². The van der Waals surface area contributed by atoms with Crippen LogP contribution in [0.3, 0.4) is 0 Å². The molecule has 122 valence electrons. The number of anilines is 2. The molecule has 2 heterocycles. The van der Waals surface area contributed by atoms with Gasteiger partial charge < -0.3 is 15.4 Å². The first kappa shape index (κ1) is 15.8. The van der Waals surface area contributed by atoms with Crippen molar-refractivity contribution >= 4 is 28.2 Å². The van der Waals surface area contributed by atoms with Crippen molar-refractivity contribution in [1.29, 1.82) is 0 Å². The van der Waals surface area contributed by atoms with Gasteiger partial charge in [0.25, 0.3) is 0 Å². The molecule has 23 heavy (non-hydrogen) atoms. The summed E-state index contributed by atoms with van der Waals surface area (Å²) in [4.78, 5) is 17.5. The Hall–Kier alpha value is -2.08. The van der Waals surface area contributed by atoms with Gasteiger partial charge in [0, 0.05) is 19.4 Å². The first-order valence-electron chi connectivity index (χ1n) is 7.78. The van der Waals surface area contributed by atoms with E-state index < -0.39 is 0 Å². The summed E-state index contributed by atoms with van der Waals surface area (Å²) in [7, 11) is 1.84. The summed E-state index contributed by atoms with van der Waals surface area (Å²) in [6.45, 7) is 4.95. The number of amides is 1. The zero-order valence-corrected chi connectivity index (χ0v) is 14.4. The molecule has 2 N–H and O–H groups in total. The van der Waals surface area contributed by atoms with Crippen LogP contribution in [0.1, 0.15) is 36.6 Å². The smallest absolute Gasteiger partial charge is 0.226 e. The minimum absolute atomic E-state index is 0.00980. The lowest BCUT2D eigenvalue weighted by Gasteiger charge is -2.21. The molecule has 0 unspecified atom stereocenters. The second kappa shape index (κ2) is 6.58. The van der Waals surface area contributed by atoms with E-state index in [2.05, 4.69) is 29.5 Å². The van der Waals surface area contributed by atoms with Crippen LogP contribution in [-0.2, 0) is 4.79 Å². The molecular formula is C17H21N3O2S. The van der Waals surface area contributed by atoms with Gasteiger partial charge in [-0.25, -0.2) is 4.98 Å². The number of thiazole rings is 1. The Kier molecular flexibility index (Phi) is 4.52. The Bertz CT molecular complexity index is 694. The van der Waals surface area contributed by atoms with Crippen molar-refractivity contribution in [2.24, 2.45) is 5.92 Å². The predicted molar refractivity (Wildman–Crippen MR) is 93.5 cm³/mol. The van der Waals surface area contributed by atoms with Crippen LogP contribution >= 0.6 is 11.3 Å². The van der Waals surface area contributed by atoms with Gasteiger partial charge >= 0.3 is 0 Å². The highest BCUT2D eigenvalue weighted by molar-refractivity contribution is 7.16. The van der Waals surface area contributed by atoms with Gasteiger partial charge in [0.2, 0.25) is 5.91 Å². The molecule has 0 saturated carbocycles. The van der Waals surface area contributed by atoms with E-state index >= 15 is 0 Å². The number of rotatable bonds is 5. The maximum Gasteiger partial charge on any atom is 0.226 e. The van der Waals surface area contributed by atoms with E-state index in [9.17, 15) is 4.79 Å². The lowest BCUT2D eigenvalue weighted by molar-refractivity contribution is -0.116. The second-order valence-corrected chi connectivity index (χ2v) is 7.09. The van der Waals surface area contributed by atoms with E-state index in [1.54, 1.807) is 11.3 Å². The number of nitrogens with one attached hydrogen (secondary N) is 2. The van der Waals surface area contributed by atoms with Crippen LogP contribution in [0.5, 0.6) is 5.75 Å². The number of ether oxygens (including phenoxy) is 1. The Balaban J connectivity index is 1.84. The highest BCUT2D eigenvalue weighted by Gasteiger charge is 2.30. The molecule has 5 nitrogen and oxygen atoms in total. The normalized spacial score (nSPS) is 16.9. The van der Waals surface area contributed by atoms with Gasteiger partial charge in [-0.3, -0.25) is 4.79 Å². The summed E-state index contributed by atoms with van der Waals surface area (Å²) in [6, 6.07) is 8.04. The molecule has 0 fully saturated rings. The molecule has 1 aliphatic rings. The predicted octanol–water partition coefficient (Wildman–Crippen LogP) is 3.69. The monoisotopic (exact) mass is 331 g/mol. The molecule has 0 bridgehead atoms. The second-order valence-electron chi connectivity index (χ2n) is 6.06. The van der Waals surface area contributed by atoms with Gasteiger partial charge in [-0.2, -0.15) is 0 Å². The Morgan fingerprint density at radius 2 is 2.13 bits per heavy atom. The van der Waals surface area contributed by atoms with Crippen LogP contribution in [0.2, 0.25) is 0 Å². The molecule has 1 aliphatic heterocycles. The molecule has 0 aliphatic carbocycles. The van der Waals surface area contributed by atoms with Crippen molar-refractivity contribution in [3.63, 3.8) is 0 Å². The van der Waals surface area contributed by atoms with E-state index in [4.69, 9.17) is 4.74 Å². The van der Waals surface area contributed by atoms with Gasteiger partial charge in [0.1, 0.15) is 11.6 Å². The zero-order valence-electron chi connectivity index (χ0n) is 13.6. The molecule has 0 radical (unpaired) electrons. The molecular weight excluding hydrogens is 310 g/mol. The van der Waals surface area contributed by atoms with Gasteiger partial charge in [0.05, 0.1) is 11.5 Å². The summed E-state index contributed by atoms with van der Waals surface area (Å²) in [5.41, 5.74) is 1.12. The number of aromatic nitrogens is 1. The van der Waals surface area contributed by atoms with E-state index in [0.717, 1.165) is 21.3 Å².